The van der Waals surface area contributed by atoms with E-state index in [9.17, 15) is 9.59 Å². The maximum absolute atomic E-state index is 11.8. The number of hydrogen-bond donors (Lipinski definition) is 0. The van der Waals surface area contributed by atoms with Gasteiger partial charge in [0.2, 0.25) is 0 Å². The summed E-state index contributed by atoms with van der Waals surface area (Å²) in [6.45, 7) is 9.91. The van der Waals surface area contributed by atoms with E-state index in [4.69, 9.17) is 18.8 Å². The predicted octanol–water partition coefficient (Wildman–Crippen LogP) is 3.77. The van der Waals surface area contributed by atoms with E-state index >= 15 is 0 Å². The summed E-state index contributed by atoms with van der Waals surface area (Å²) in [6, 6.07) is 11.8. The number of carbonyl (C=O) groups is 2. The molecule has 0 aliphatic carbocycles. The first kappa shape index (κ1) is 21.1. The van der Waals surface area contributed by atoms with E-state index in [1.54, 1.807) is 49.4 Å². The molecule has 0 saturated carbocycles. The van der Waals surface area contributed by atoms with Crippen LogP contribution in [-0.2, 0) is 14.0 Å². The molecule has 0 atom stereocenters. The normalized spacial score (nSPS) is 17.1. The predicted molar refractivity (Wildman–Crippen MR) is 110 cm³/mol. The second-order valence-corrected chi connectivity index (χ2v) is 7.84. The van der Waals surface area contributed by atoms with Crippen LogP contribution in [0.15, 0.2) is 42.5 Å². The molecule has 2 aromatic carbocycles. The van der Waals surface area contributed by atoms with Gasteiger partial charge in [0.15, 0.2) is 0 Å². The molecule has 0 unspecified atom stereocenters. The second kappa shape index (κ2) is 8.01. The molecule has 1 heterocycles. The van der Waals surface area contributed by atoms with Crippen molar-refractivity contribution < 1.29 is 28.4 Å². The van der Waals surface area contributed by atoms with E-state index < -0.39 is 18.3 Å². The number of aldehydes is 1. The molecule has 6 nitrogen and oxygen atoms in total. The first-order valence-electron chi connectivity index (χ1n) is 9.56. The molecule has 0 aromatic heterocycles. The van der Waals surface area contributed by atoms with Crippen molar-refractivity contribution in [1.82, 2.24) is 0 Å². The Labute approximate surface area is 171 Å². The Morgan fingerprint density at radius 3 is 2.14 bits per heavy atom. The summed E-state index contributed by atoms with van der Waals surface area (Å²) in [5.41, 5.74) is 0.510. The van der Waals surface area contributed by atoms with Gasteiger partial charge in [-0.3, -0.25) is 4.79 Å². The van der Waals surface area contributed by atoms with E-state index in [1.807, 2.05) is 27.7 Å². The molecule has 2 aromatic rings. The molecular formula is C22H25BO6. The van der Waals surface area contributed by atoms with Gasteiger partial charge in [-0.1, -0.05) is 0 Å². The monoisotopic (exact) mass is 396 g/mol. The molecule has 7 heteroatoms. The van der Waals surface area contributed by atoms with E-state index in [-0.39, 0.29) is 5.97 Å². The van der Waals surface area contributed by atoms with Crippen LogP contribution in [0, 0.1) is 0 Å². The van der Waals surface area contributed by atoms with Crippen molar-refractivity contribution in [2.45, 2.75) is 45.8 Å². The van der Waals surface area contributed by atoms with Gasteiger partial charge in [-0.15, -0.1) is 0 Å². The summed E-state index contributed by atoms with van der Waals surface area (Å²) in [5.74, 6) is 0.707. The molecule has 3 rings (SSSR count). The fourth-order valence-electron chi connectivity index (χ4n) is 2.91. The van der Waals surface area contributed by atoms with Crippen LogP contribution in [0.5, 0.6) is 11.5 Å². The quantitative estimate of drug-likeness (QED) is 0.421. The highest BCUT2D eigenvalue weighted by molar-refractivity contribution is 6.63. The SMILES string of the molecule is CCOC(=O)c1ccc(Oc2ccc(C=O)c(B3OC(C)(C)C(C)(C)O3)c2)cc1. The van der Waals surface area contributed by atoms with E-state index in [2.05, 4.69) is 0 Å². The first-order valence-corrected chi connectivity index (χ1v) is 9.56. The zero-order valence-corrected chi connectivity index (χ0v) is 17.4. The minimum atomic E-state index is -0.671. The minimum absolute atomic E-state index is 0.321. The lowest BCUT2D eigenvalue weighted by Gasteiger charge is -2.32. The highest BCUT2D eigenvalue weighted by Crippen LogP contribution is 2.37. The summed E-state index contributed by atoms with van der Waals surface area (Å²) in [6.07, 6.45) is 0.776. The lowest BCUT2D eigenvalue weighted by Crippen LogP contribution is -2.41. The smallest absolute Gasteiger partial charge is 0.462 e. The van der Waals surface area contributed by atoms with Crippen molar-refractivity contribution in [2.75, 3.05) is 6.61 Å². The molecule has 0 N–H and O–H groups in total. The molecule has 0 bridgehead atoms. The van der Waals surface area contributed by atoms with Crippen LogP contribution in [0.25, 0.3) is 0 Å². The van der Waals surface area contributed by atoms with Crippen molar-refractivity contribution in [3.05, 3.63) is 53.6 Å². The lowest BCUT2D eigenvalue weighted by molar-refractivity contribution is 0.00578. The molecule has 29 heavy (non-hydrogen) atoms. The summed E-state index contributed by atoms with van der Waals surface area (Å²) in [5, 5.41) is 0. The van der Waals surface area contributed by atoms with Gasteiger partial charge in [-0.25, -0.2) is 4.79 Å². The van der Waals surface area contributed by atoms with Gasteiger partial charge in [-0.2, -0.15) is 0 Å². The van der Waals surface area contributed by atoms with Gasteiger partial charge in [0.05, 0.1) is 23.4 Å². The van der Waals surface area contributed by atoms with Crippen molar-refractivity contribution >= 4 is 24.8 Å². The molecule has 152 valence electrons. The Hall–Kier alpha value is -2.64. The molecule has 1 aliphatic rings. The number of ether oxygens (including phenoxy) is 2. The van der Waals surface area contributed by atoms with Crippen LogP contribution < -0.4 is 10.2 Å². The van der Waals surface area contributed by atoms with Crippen LogP contribution in [-0.4, -0.2) is 37.2 Å². The summed E-state index contributed by atoms with van der Waals surface area (Å²) < 4.78 is 23.0. The van der Waals surface area contributed by atoms with Crippen LogP contribution in [0.3, 0.4) is 0 Å². The Balaban J connectivity index is 1.82. The van der Waals surface area contributed by atoms with Gasteiger partial charge < -0.3 is 18.8 Å². The number of benzene rings is 2. The molecule has 0 spiro atoms. The second-order valence-electron chi connectivity index (χ2n) is 7.84. The third kappa shape index (κ3) is 4.36. The number of esters is 1. The van der Waals surface area contributed by atoms with E-state index in [1.165, 1.54) is 0 Å². The van der Waals surface area contributed by atoms with Crippen molar-refractivity contribution in [1.29, 1.82) is 0 Å². The Bertz CT molecular complexity index is 888. The summed E-state index contributed by atoms with van der Waals surface area (Å²) in [7, 11) is -0.671. The van der Waals surface area contributed by atoms with Crippen molar-refractivity contribution in [2.24, 2.45) is 0 Å². The van der Waals surface area contributed by atoms with Gasteiger partial charge in [0.25, 0.3) is 0 Å². The van der Waals surface area contributed by atoms with Gasteiger partial charge in [0, 0.05) is 5.56 Å². The lowest BCUT2D eigenvalue weighted by atomic mass is 9.76. The number of hydrogen-bond acceptors (Lipinski definition) is 6. The molecule has 1 aliphatic heterocycles. The third-order valence-corrected chi connectivity index (χ3v) is 5.29. The first-order chi connectivity index (χ1) is 13.7. The standard InChI is InChI=1S/C22H25BO6/c1-6-26-20(25)15-7-10-17(11-8-15)27-18-12-9-16(14-24)19(13-18)23-28-21(2,3)22(4,5)29-23/h7-14H,6H2,1-5H3. The highest BCUT2D eigenvalue weighted by atomic mass is 16.7. The van der Waals surface area contributed by atoms with Gasteiger partial charge in [-0.05, 0) is 82.5 Å². The van der Waals surface area contributed by atoms with Crippen molar-refractivity contribution in [3.8, 4) is 11.5 Å². The van der Waals surface area contributed by atoms with E-state index in [0.29, 0.717) is 34.7 Å². The van der Waals surface area contributed by atoms with Crippen LogP contribution in [0.2, 0.25) is 0 Å². The third-order valence-electron chi connectivity index (χ3n) is 5.29. The largest absolute Gasteiger partial charge is 0.495 e. The van der Waals surface area contributed by atoms with Crippen LogP contribution in [0.4, 0.5) is 0 Å². The topological polar surface area (TPSA) is 71.1 Å². The molecule has 0 radical (unpaired) electrons. The minimum Gasteiger partial charge on any atom is -0.462 e. The molecule has 1 fully saturated rings. The average molecular weight is 396 g/mol. The maximum Gasteiger partial charge on any atom is 0.495 e. The van der Waals surface area contributed by atoms with Crippen LogP contribution >= 0.6 is 0 Å². The summed E-state index contributed by atoms with van der Waals surface area (Å²) in [4.78, 5) is 23.3. The Morgan fingerprint density at radius 1 is 1.00 bits per heavy atom. The Morgan fingerprint density at radius 2 is 1.59 bits per heavy atom. The van der Waals surface area contributed by atoms with Crippen LogP contribution in [0.1, 0.15) is 55.3 Å². The molecule has 0 amide bonds. The maximum atomic E-state index is 11.8. The number of rotatable bonds is 6. The zero-order chi connectivity index (χ0) is 21.2. The highest BCUT2D eigenvalue weighted by Gasteiger charge is 2.52. The molecule has 1 saturated heterocycles. The van der Waals surface area contributed by atoms with Gasteiger partial charge >= 0.3 is 13.1 Å². The van der Waals surface area contributed by atoms with Gasteiger partial charge in [0.1, 0.15) is 17.8 Å². The average Bonchev–Trinajstić information content (AvgIpc) is 2.90. The Kier molecular flexibility index (Phi) is 5.82. The summed E-state index contributed by atoms with van der Waals surface area (Å²) >= 11 is 0. The van der Waals surface area contributed by atoms with E-state index in [0.717, 1.165) is 6.29 Å². The molecular weight excluding hydrogens is 371 g/mol. The van der Waals surface area contributed by atoms with Crippen molar-refractivity contribution in [3.63, 3.8) is 0 Å². The number of carbonyl (C=O) groups excluding carboxylic acids is 2. The zero-order valence-electron chi connectivity index (χ0n) is 17.4. The fourth-order valence-corrected chi connectivity index (χ4v) is 2.91. The fraction of sp³-hybridized carbons (Fsp3) is 0.364.